The molecule has 1 aliphatic carbocycles. The molecule has 0 heterocycles. The highest BCUT2D eigenvalue weighted by atomic mass is 79.9. The van der Waals surface area contributed by atoms with E-state index in [0.717, 1.165) is 11.8 Å². The summed E-state index contributed by atoms with van der Waals surface area (Å²) >= 11 is 5.61. The van der Waals surface area contributed by atoms with E-state index in [0.29, 0.717) is 6.04 Å². The van der Waals surface area contributed by atoms with Crippen molar-refractivity contribution in [1.29, 1.82) is 0 Å². The molecule has 1 fully saturated rings. The maximum Gasteiger partial charge on any atom is 0.0311 e. The molecule has 0 radical (unpaired) electrons. The van der Waals surface area contributed by atoms with Crippen LogP contribution in [0.2, 0.25) is 0 Å². The van der Waals surface area contributed by atoms with Crippen molar-refractivity contribution >= 4 is 27.7 Å². The normalized spacial score (nSPS) is 24.6. The Morgan fingerprint density at radius 2 is 1.95 bits per heavy atom. The summed E-state index contributed by atoms with van der Waals surface area (Å²) in [4.78, 5) is 1.36. The van der Waals surface area contributed by atoms with Crippen molar-refractivity contribution in [2.24, 2.45) is 11.8 Å². The van der Waals surface area contributed by atoms with E-state index in [1.807, 2.05) is 11.8 Å². The third-order valence-corrected chi connectivity index (χ3v) is 6.81. The Hall–Kier alpha value is 0.01000. The van der Waals surface area contributed by atoms with Crippen molar-refractivity contribution in [2.75, 3.05) is 12.8 Å². The lowest BCUT2D eigenvalue weighted by Gasteiger charge is -2.33. The van der Waals surface area contributed by atoms with Gasteiger partial charge in [-0.1, -0.05) is 38.3 Å². The molecule has 20 heavy (non-hydrogen) atoms. The van der Waals surface area contributed by atoms with Crippen molar-refractivity contribution in [3.63, 3.8) is 0 Å². The summed E-state index contributed by atoms with van der Waals surface area (Å²) in [6, 6.07) is 9.17. The second kappa shape index (κ2) is 8.45. The third kappa shape index (κ3) is 4.51. The Balaban J connectivity index is 1.85. The number of thioether (sulfide) groups is 1. The van der Waals surface area contributed by atoms with Crippen LogP contribution in [-0.2, 0) is 0 Å². The van der Waals surface area contributed by atoms with Gasteiger partial charge in [-0.3, -0.25) is 0 Å². The van der Waals surface area contributed by atoms with Crippen LogP contribution in [0.3, 0.4) is 0 Å². The summed E-state index contributed by atoms with van der Waals surface area (Å²) in [5.41, 5.74) is 0. The van der Waals surface area contributed by atoms with Crippen molar-refractivity contribution < 1.29 is 0 Å². The molecular weight excluding hydrogens is 330 g/mol. The van der Waals surface area contributed by atoms with Crippen molar-refractivity contribution in [1.82, 2.24) is 5.32 Å². The summed E-state index contributed by atoms with van der Waals surface area (Å²) in [7, 11) is 2.12. The average Bonchev–Trinajstić information content (AvgIpc) is 2.50. The SMILES string of the molecule is CCC1CCC(C(CSc2ccccc2Br)NC)CC1. The van der Waals surface area contributed by atoms with Gasteiger partial charge in [0.1, 0.15) is 0 Å². The van der Waals surface area contributed by atoms with Gasteiger partial charge in [0, 0.05) is 21.2 Å². The number of hydrogen-bond acceptors (Lipinski definition) is 2. The number of halogens is 1. The van der Waals surface area contributed by atoms with E-state index < -0.39 is 0 Å². The highest BCUT2D eigenvalue weighted by Gasteiger charge is 2.26. The lowest BCUT2D eigenvalue weighted by Crippen LogP contribution is -2.37. The number of hydrogen-bond donors (Lipinski definition) is 1. The van der Waals surface area contributed by atoms with E-state index in [1.54, 1.807) is 0 Å². The fourth-order valence-corrected chi connectivity index (χ4v) is 5.00. The Morgan fingerprint density at radius 3 is 2.55 bits per heavy atom. The zero-order valence-electron chi connectivity index (χ0n) is 12.6. The number of rotatable bonds is 6. The molecule has 1 aliphatic rings. The first-order valence-corrected chi connectivity index (χ1v) is 9.57. The Labute approximate surface area is 136 Å². The molecule has 1 aromatic carbocycles. The van der Waals surface area contributed by atoms with Gasteiger partial charge >= 0.3 is 0 Å². The largest absolute Gasteiger partial charge is 0.316 e. The summed E-state index contributed by atoms with van der Waals surface area (Å²) in [6.07, 6.45) is 7.03. The van der Waals surface area contributed by atoms with Gasteiger partial charge in [0.05, 0.1) is 0 Å². The van der Waals surface area contributed by atoms with E-state index in [9.17, 15) is 0 Å². The van der Waals surface area contributed by atoms with Crippen molar-refractivity contribution in [3.05, 3.63) is 28.7 Å². The van der Waals surface area contributed by atoms with Crippen LogP contribution in [0.15, 0.2) is 33.6 Å². The van der Waals surface area contributed by atoms with Crippen LogP contribution < -0.4 is 5.32 Å². The van der Waals surface area contributed by atoms with Crippen LogP contribution in [0.4, 0.5) is 0 Å². The molecule has 1 unspecified atom stereocenters. The van der Waals surface area contributed by atoms with Crippen LogP contribution in [0.25, 0.3) is 0 Å². The van der Waals surface area contributed by atoms with E-state index in [-0.39, 0.29) is 0 Å². The summed E-state index contributed by atoms with van der Waals surface area (Å²) < 4.78 is 1.22. The molecular formula is C17H26BrNS. The Morgan fingerprint density at radius 1 is 1.25 bits per heavy atom. The van der Waals surface area contributed by atoms with Gasteiger partial charge in [0.2, 0.25) is 0 Å². The minimum atomic E-state index is 0.643. The quantitative estimate of drug-likeness (QED) is 0.690. The molecule has 1 nitrogen and oxygen atoms in total. The maximum absolute atomic E-state index is 3.64. The minimum Gasteiger partial charge on any atom is -0.316 e. The van der Waals surface area contributed by atoms with Gasteiger partial charge < -0.3 is 5.32 Å². The van der Waals surface area contributed by atoms with Gasteiger partial charge in [-0.2, -0.15) is 0 Å². The molecule has 0 saturated heterocycles. The maximum atomic E-state index is 3.64. The Bertz CT molecular complexity index is 402. The summed E-state index contributed by atoms with van der Waals surface area (Å²) in [5.74, 6) is 3.01. The molecule has 3 heteroatoms. The van der Waals surface area contributed by atoms with Crippen LogP contribution in [0.5, 0.6) is 0 Å². The first-order chi connectivity index (χ1) is 9.74. The molecule has 1 aromatic rings. The number of benzene rings is 1. The highest BCUT2D eigenvalue weighted by molar-refractivity contribution is 9.10. The van der Waals surface area contributed by atoms with E-state index in [4.69, 9.17) is 0 Å². The predicted molar refractivity (Wildman–Crippen MR) is 93.5 cm³/mol. The first-order valence-electron chi connectivity index (χ1n) is 7.79. The standard InChI is InChI=1S/C17H26BrNS/c1-3-13-8-10-14(11-9-13)16(19-2)12-20-17-7-5-4-6-15(17)18/h4-7,13-14,16,19H,3,8-12H2,1-2H3. The van der Waals surface area contributed by atoms with Crippen molar-refractivity contribution in [2.45, 2.75) is 50.0 Å². The predicted octanol–water partition coefficient (Wildman–Crippen LogP) is 5.35. The second-order valence-corrected chi connectivity index (χ2v) is 7.74. The lowest BCUT2D eigenvalue weighted by molar-refractivity contribution is 0.233. The summed E-state index contributed by atoms with van der Waals surface area (Å²) in [5, 5.41) is 3.56. The molecule has 0 aliphatic heterocycles. The molecule has 1 N–H and O–H groups in total. The Kier molecular flexibility index (Phi) is 6.92. The molecule has 0 amide bonds. The number of nitrogens with one attached hydrogen (secondary N) is 1. The van der Waals surface area contributed by atoms with Crippen LogP contribution in [0, 0.1) is 11.8 Å². The van der Waals surface area contributed by atoms with E-state index >= 15 is 0 Å². The molecule has 0 aromatic heterocycles. The van der Waals surface area contributed by atoms with Crippen LogP contribution in [0.1, 0.15) is 39.0 Å². The summed E-state index contributed by atoms with van der Waals surface area (Å²) in [6.45, 7) is 2.34. The fraction of sp³-hybridized carbons (Fsp3) is 0.647. The van der Waals surface area contributed by atoms with E-state index in [2.05, 4.69) is 59.5 Å². The smallest absolute Gasteiger partial charge is 0.0311 e. The zero-order valence-corrected chi connectivity index (χ0v) is 15.0. The monoisotopic (exact) mass is 355 g/mol. The highest BCUT2D eigenvalue weighted by Crippen LogP contribution is 2.35. The van der Waals surface area contributed by atoms with Gasteiger partial charge in [0.15, 0.2) is 0 Å². The topological polar surface area (TPSA) is 12.0 Å². The van der Waals surface area contributed by atoms with Crippen molar-refractivity contribution in [3.8, 4) is 0 Å². The second-order valence-electron chi connectivity index (χ2n) is 5.83. The third-order valence-electron chi connectivity index (χ3n) is 4.66. The van der Waals surface area contributed by atoms with Gasteiger partial charge in [0.25, 0.3) is 0 Å². The lowest BCUT2D eigenvalue weighted by atomic mass is 9.78. The molecule has 2 rings (SSSR count). The molecule has 0 bridgehead atoms. The van der Waals surface area contributed by atoms with E-state index in [1.165, 1.54) is 47.2 Å². The zero-order chi connectivity index (χ0) is 14.4. The molecule has 112 valence electrons. The van der Waals surface area contributed by atoms with Crippen LogP contribution >= 0.6 is 27.7 Å². The van der Waals surface area contributed by atoms with Gasteiger partial charge in [-0.15, -0.1) is 11.8 Å². The van der Waals surface area contributed by atoms with Gasteiger partial charge in [-0.25, -0.2) is 0 Å². The van der Waals surface area contributed by atoms with Gasteiger partial charge in [-0.05, 0) is 59.8 Å². The average molecular weight is 356 g/mol. The fourth-order valence-electron chi connectivity index (χ4n) is 3.20. The first kappa shape index (κ1) is 16.4. The minimum absolute atomic E-state index is 0.643. The molecule has 1 saturated carbocycles. The molecule has 1 atom stereocenters. The van der Waals surface area contributed by atoms with Crippen LogP contribution in [-0.4, -0.2) is 18.8 Å². The molecule has 0 spiro atoms.